The zero-order valence-corrected chi connectivity index (χ0v) is 9.32. The van der Waals surface area contributed by atoms with Gasteiger partial charge < -0.3 is 9.30 Å². The number of ether oxygens (including phenoxy) is 1. The smallest absolute Gasteiger partial charge is 0.151 e. The largest absolute Gasteiger partial charge is 0.376 e. The monoisotopic (exact) mass is 207 g/mol. The lowest BCUT2D eigenvalue weighted by molar-refractivity contribution is 0.0960. The second-order valence-electron chi connectivity index (χ2n) is 4.19. The maximum atomic E-state index is 10.8. The van der Waals surface area contributed by atoms with Crippen LogP contribution >= 0.6 is 0 Å². The Labute approximate surface area is 90.0 Å². The molecule has 82 valence electrons. The molecule has 3 heteroatoms. The highest BCUT2D eigenvalue weighted by Crippen LogP contribution is 2.19. The van der Waals surface area contributed by atoms with E-state index in [1.54, 1.807) is 0 Å². The van der Waals surface area contributed by atoms with Gasteiger partial charge in [0.1, 0.15) is 0 Å². The zero-order valence-electron chi connectivity index (χ0n) is 9.32. The van der Waals surface area contributed by atoms with E-state index in [4.69, 9.17) is 4.74 Å². The lowest BCUT2D eigenvalue weighted by Crippen LogP contribution is -2.16. The van der Waals surface area contributed by atoms with Crippen molar-refractivity contribution >= 4 is 6.29 Å². The summed E-state index contributed by atoms with van der Waals surface area (Å²) in [5.41, 5.74) is 2.99. The van der Waals surface area contributed by atoms with Gasteiger partial charge in [0.15, 0.2) is 6.29 Å². The Morgan fingerprint density at radius 2 is 2.40 bits per heavy atom. The van der Waals surface area contributed by atoms with Crippen LogP contribution in [-0.4, -0.2) is 23.6 Å². The van der Waals surface area contributed by atoms with Gasteiger partial charge in [0.05, 0.1) is 6.10 Å². The standard InChI is InChI=1S/C12H17NO2/c1-9-6-11(8-14)10(2)13(9)7-12-4-3-5-15-12/h6,8,12H,3-5,7H2,1-2H3/t12-/m1/s1. The molecule has 0 amide bonds. The number of hydrogen-bond donors (Lipinski definition) is 0. The summed E-state index contributed by atoms with van der Waals surface area (Å²) in [7, 11) is 0. The topological polar surface area (TPSA) is 31.2 Å². The van der Waals surface area contributed by atoms with Crippen LogP contribution in [-0.2, 0) is 11.3 Å². The molecule has 1 aromatic rings. The van der Waals surface area contributed by atoms with Crippen molar-refractivity contribution in [3.05, 3.63) is 23.0 Å². The summed E-state index contributed by atoms with van der Waals surface area (Å²) in [6, 6.07) is 1.94. The summed E-state index contributed by atoms with van der Waals surface area (Å²) in [5.74, 6) is 0. The fourth-order valence-corrected chi connectivity index (χ4v) is 2.22. The van der Waals surface area contributed by atoms with Crippen molar-refractivity contribution in [2.75, 3.05) is 6.61 Å². The van der Waals surface area contributed by atoms with Crippen LogP contribution < -0.4 is 0 Å². The van der Waals surface area contributed by atoms with E-state index < -0.39 is 0 Å². The number of aryl methyl sites for hydroxylation is 1. The summed E-state index contributed by atoms with van der Waals surface area (Å²) < 4.78 is 7.78. The molecule has 1 aliphatic heterocycles. The van der Waals surface area contributed by atoms with E-state index in [1.807, 2.05) is 19.9 Å². The molecular formula is C12H17NO2. The second kappa shape index (κ2) is 4.19. The van der Waals surface area contributed by atoms with E-state index in [9.17, 15) is 4.79 Å². The number of carbonyl (C=O) groups is 1. The SMILES string of the molecule is Cc1cc(C=O)c(C)n1C[C@H]1CCCO1. The third kappa shape index (κ3) is 1.97. The van der Waals surface area contributed by atoms with Crippen LogP contribution in [0.1, 0.15) is 34.6 Å². The van der Waals surface area contributed by atoms with E-state index >= 15 is 0 Å². The maximum absolute atomic E-state index is 10.8. The molecule has 1 atom stereocenters. The zero-order chi connectivity index (χ0) is 10.8. The van der Waals surface area contributed by atoms with Crippen LogP contribution in [0, 0.1) is 13.8 Å². The van der Waals surface area contributed by atoms with Crippen LogP contribution in [0.2, 0.25) is 0 Å². The first-order valence-electron chi connectivity index (χ1n) is 5.46. The van der Waals surface area contributed by atoms with Crippen LogP contribution in [0.4, 0.5) is 0 Å². The third-order valence-corrected chi connectivity index (χ3v) is 3.15. The molecule has 1 aliphatic rings. The molecule has 0 bridgehead atoms. The molecule has 0 radical (unpaired) electrons. The summed E-state index contributed by atoms with van der Waals surface area (Å²) >= 11 is 0. The Bertz CT molecular complexity index is 362. The molecule has 1 saturated heterocycles. The van der Waals surface area contributed by atoms with Crippen molar-refractivity contribution in [2.45, 2.75) is 39.3 Å². The van der Waals surface area contributed by atoms with Gasteiger partial charge in [-0.2, -0.15) is 0 Å². The van der Waals surface area contributed by atoms with Crippen LogP contribution in [0.5, 0.6) is 0 Å². The Balaban J connectivity index is 2.19. The van der Waals surface area contributed by atoms with Crippen molar-refractivity contribution in [3.63, 3.8) is 0 Å². The Morgan fingerprint density at radius 1 is 1.60 bits per heavy atom. The van der Waals surface area contributed by atoms with Crippen molar-refractivity contribution < 1.29 is 9.53 Å². The Kier molecular flexibility index (Phi) is 2.91. The Morgan fingerprint density at radius 3 is 2.93 bits per heavy atom. The number of aromatic nitrogens is 1. The molecular weight excluding hydrogens is 190 g/mol. The van der Waals surface area contributed by atoms with Crippen molar-refractivity contribution in [3.8, 4) is 0 Å². The molecule has 0 aromatic carbocycles. The lowest BCUT2D eigenvalue weighted by atomic mass is 10.2. The summed E-state index contributed by atoms with van der Waals surface area (Å²) in [6.45, 7) is 5.79. The molecule has 1 aromatic heterocycles. The van der Waals surface area contributed by atoms with Crippen molar-refractivity contribution in [1.82, 2.24) is 4.57 Å². The molecule has 0 unspecified atom stereocenters. The molecule has 3 nitrogen and oxygen atoms in total. The van der Waals surface area contributed by atoms with Gasteiger partial charge in [0.25, 0.3) is 0 Å². The van der Waals surface area contributed by atoms with Crippen LogP contribution in [0.25, 0.3) is 0 Å². The lowest BCUT2D eigenvalue weighted by Gasteiger charge is -2.14. The molecule has 2 heterocycles. The Hall–Kier alpha value is -1.09. The quantitative estimate of drug-likeness (QED) is 0.711. The number of carbonyl (C=O) groups excluding carboxylic acids is 1. The predicted molar refractivity (Wildman–Crippen MR) is 58.3 cm³/mol. The summed E-state index contributed by atoms with van der Waals surface area (Å²) in [6.07, 6.45) is 3.54. The first-order valence-corrected chi connectivity index (χ1v) is 5.46. The molecule has 2 rings (SSSR count). The van der Waals surface area contributed by atoms with Crippen molar-refractivity contribution in [2.24, 2.45) is 0 Å². The van der Waals surface area contributed by atoms with Crippen LogP contribution in [0.3, 0.4) is 0 Å². The van der Waals surface area contributed by atoms with Gasteiger partial charge in [-0.15, -0.1) is 0 Å². The highest BCUT2D eigenvalue weighted by atomic mass is 16.5. The number of hydrogen-bond acceptors (Lipinski definition) is 2. The fraction of sp³-hybridized carbons (Fsp3) is 0.583. The molecule has 0 spiro atoms. The predicted octanol–water partition coefficient (Wildman–Crippen LogP) is 2.10. The van der Waals surface area contributed by atoms with E-state index in [2.05, 4.69) is 4.57 Å². The molecule has 1 fully saturated rings. The van der Waals surface area contributed by atoms with E-state index in [-0.39, 0.29) is 0 Å². The van der Waals surface area contributed by atoms with Crippen LogP contribution in [0.15, 0.2) is 6.07 Å². The van der Waals surface area contributed by atoms with E-state index in [0.29, 0.717) is 6.10 Å². The van der Waals surface area contributed by atoms with Gasteiger partial charge in [-0.25, -0.2) is 0 Å². The molecule has 0 aliphatic carbocycles. The average Bonchev–Trinajstić information content (AvgIpc) is 2.81. The third-order valence-electron chi connectivity index (χ3n) is 3.15. The number of aldehydes is 1. The maximum Gasteiger partial charge on any atom is 0.151 e. The number of nitrogens with zero attached hydrogens (tertiary/aromatic N) is 1. The highest BCUT2D eigenvalue weighted by molar-refractivity contribution is 5.77. The minimum atomic E-state index is 0.328. The molecule has 0 saturated carbocycles. The first-order chi connectivity index (χ1) is 7.22. The van der Waals surface area contributed by atoms with Crippen molar-refractivity contribution in [1.29, 1.82) is 0 Å². The minimum Gasteiger partial charge on any atom is -0.376 e. The van der Waals surface area contributed by atoms with Gasteiger partial charge in [0.2, 0.25) is 0 Å². The average molecular weight is 207 g/mol. The first kappa shape index (κ1) is 10.4. The number of rotatable bonds is 3. The summed E-state index contributed by atoms with van der Waals surface area (Å²) in [4.78, 5) is 10.8. The van der Waals surface area contributed by atoms with Gasteiger partial charge in [-0.3, -0.25) is 4.79 Å². The second-order valence-corrected chi connectivity index (χ2v) is 4.19. The van der Waals surface area contributed by atoms with Gasteiger partial charge in [-0.1, -0.05) is 0 Å². The fourth-order valence-electron chi connectivity index (χ4n) is 2.22. The normalized spacial score (nSPS) is 20.8. The van der Waals surface area contributed by atoms with Gasteiger partial charge >= 0.3 is 0 Å². The molecule has 0 N–H and O–H groups in total. The minimum absolute atomic E-state index is 0.328. The van der Waals surface area contributed by atoms with Gasteiger partial charge in [-0.05, 0) is 32.8 Å². The van der Waals surface area contributed by atoms with E-state index in [1.165, 1.54) is 0 Å². The highest BCUT2D eigenvalue weighted by Gasteiger charge is 2.18. The summed E-state index contributed by atoms with van der Waals surface area (Å²) in [5, 5.41) is 0. The van der Waals surface area contributed by atoms with E-state index in [0.717, 1.165) is 49.2 Å². The molecule has 15 heavy (non-hydrogen) atoms. The van der Waals surface area contributed by atoms with Gasteiger partial charge in [0, 0.05) is 30.1 Å².